The van der Waals surface area contributed by atoms with E-state index < -0.39 is 4.92 Å². The maximum atomic E-state index is 11.3. The molecular formula is C17H15NO5. The molecule has 0 aliphatic heterocycles. The molecule has 0 radical (unpaired) electrons. The number of nitro groups is 1. The normalized spacial score (nSPS) is 16.1. The summed E-state index contributed by atoms with van der Waals surface area (Å²) in [6, 6.07) is 6.29. The quantitative estimate of drug-likeness (QED) is 0.392. The molecule has 0 saturated heterocycles. The summed E-state index contributed by atoms with van der Waals surface area (Å²) in [7, 11) is 0. The van der Waals surface area contributed by atoms with Gasteiger partial charge in [-0.25, -0.2) is 0 Å². The molecular weight excluding hydrogens is 298 g/mol. The molecule has 2 aromatic carbocycles. The van der Waals surface area contributed by atoms with Crippen molar-refractivity contribution >= 4 is 12.0 Å². The highest BCUT2D eigenvalue weighted by Crippen LogP contribution is 2.48. The number of fused-ring (bicyclic) bond motifs is 1. The standard InChI is InChI=1S/C17H15NO5/c1-9-15-12(10-2-4-11(5-3-10)18(22)23)6-7-13(15)14(8-19)17(21)16(9)20/h2-5,8,12,20-21H,6-7H2,1H3. The Bertz CT molecular complexity index is 811. The minimum Gasteiger partial charge on any atom is -0.504 e. The Hall–Kier alpha value is -2.89. The van der Waals surface area contributed by atoms with Gasteiger partial charge >= 0.3 is 0 Å². The molecule has 23 heavy (non-hydrogen) atoms. The van der Waals surface area contributed by atoms with Gasteiger partial charge in [0.2, 0.25) is 0 Å². The van der Waals surface area contributed by atoms with Gasteiger partial charge in [0.25, 0.3) is 5.69 Å². The Labute approximate surface area is 132 Å². The average Bonchev–Trinajstić information content (AvgIpc) is 2.98. The third-order valence-corrected chi connectivity index (χ3v) is 4.54. The van der Waals surface area contributed by atoms with Crippen molar-refractivity contribution < 1.29 is 19.9 Å². The number of rotatable bonds is 3. The number of phenolic OH excluding ortho intramolecular Hbond substituents is 2. The van der Waals surface area contributed by atoms with E-state index in [0.717, 1.165) is 23.1 Å². The number of benzene rings is 2. The van der Waals surface area contributed by atoms with Crippen molar-refractivity contribution in [1.82, 2.24) is 0 Å². The predicted molar refractivity (Wildman–Crippen MR) is 83.2 cm³/mol. The Morgan fingerprint density at radius 3 is 2.43 bits per heavy atom. The molecule has 1 unspecified atom stereocenters. The first-order valence-corrected chi connectivity index (χ1v) is 7.22. The highest BCUT2D eigenvalue weighted by atomic mass is 16.6. The molecule has 2 N–H and O–H groups in total. The maximum absolute atomic E-state index is 11.3. The lowest BCUT2D eigenvalue weighted by Crippen LogP contribution is -2.02. The first kappa shape index (κ1) is 15.0. The zero-order valence-electron chi connectivity index (χ0n) is 12.4. The summed E-state index contributed by atoms with van der Waals surface area (Å²) >= 11 is 0. The van der Waals surface area contributed by atoms with Crippen molar-refractivity contribution in [2.24, 2.45) is 0 Å². The monoisotopic (exact) mass is 313 g/mol. The number of hydrogen-bond donors (Lipinski definition) is 2. The second-order valence-electron chi connectivity index (χ2n) is 5.69. The minimum atomic E-state index is -0.452. The Balaban J connectivity index is 2.13. The van der Waals surface area contributed by atoms with Gasteiger partial charge in [0.1, 0.15) is 0 Å². The maximum Gasteiger partial charge on any atom is 0.269 e. The summed E-state index contributed by atoms with van der Waals surface area (Å²) in [6.07, 6.45) is 1.89. The summed E-state index contributed by atoms with van der Waals surface area (Å²) < 4.78 is 0. The van der Waals surface area contributed by atoms with Crippen LogP contribution in [0.2, 0.25) is 0 Å². The Kier molecular flexibility index (Phi) is 3.52. The van der Waals surface area contributed by atoms with E-state index in [2.05, 4.69) is 0 Å². The van der Waals surface area contributed by atoms with Crippen LogP contribution in [0, 0.1) is 17.0 Å². The van der Waals surface area contributed by atoms with Crippen molar-refractivity contribution in [3.05, 3.63) is 62.2 Å². The molecule has 0 amide bonds. The molecule has 6 nitrogen and oxygen atoms in total. The van der Waals surface area contributed by atoms with Crippen molar-refractivity contribution in [2.45, 2.75) is 25.7 Å². The van der Waals surface area contributed by atoms with Crippen LogP contribution < -0.4 is 0 Å². The lowest BCUT2D eigenvalue weighted by atomic mass is 9.88. The van der Waals surface area contributed by atoms with E-state index in [0.29, 0.717) is 18.3 Å². The van der Waals surface area contributed by atoms with E-state index in [9.17, 15) is 25.1 Å². The summed E-state index contributed by atoms with van der Waals surface area (Å²) in [6.45, 7) is 1.70. The number of carbonyl (C=O) groups excluding carboxylic acids is 1. The topological polar surface area (TPSA) is 101 Å². The second kappa shape index (κ2) is 5.39. The molecule has 0 saturated carbocycles. The minimum absolute atomic E-state index is 0.0193. The van der Waals surface area contributed by atoms with Gasteiger partial charge < -0.3 is 10.2 Å². The SMILES string of the molecule is Cc1c(O)c(O)c(C=O)c2c1C(c1ccc([N+](=O)[O-])cc1)CC2. The van der Waals surface area contributed by atoms with Crippen LogP contribution in [0.1, 0.15) is 45.0 Å². The number of aromatic hydroxyl groups is 2. The molecule has 1 atom stereocenters. The van der Waals surface area contributed by atoms with Gasteiger partial charge in [-0.05, 0) is 42.0 Å². The van der Waals surface area contributed by atoms with Crippen LogP contribution in [0.25, 0.3) is 0 Å². The molecule has 2 aromatic rings. The van der Waals surface area contributed by atoms with E-state index >= 15 is 0 Å². The summed E-state index contributed by atoms with van der Waals surface area (Å²) in [5.41, 5.74) is 3.16. The number of carbonyl (C=O) groups is 1. The second-order valence-corrected chi connectivity index (χ2v) is 5.69. The summed E-state index contributed by atoms with van der Waals surface area (Å²) in [5.74, 6) is -0.712. The van der Waals surface area contributed by atoms with E-state index in [4.69, 9.17) is 0 Å². The third-order valence-electron chi connectivity index (χ3n) is 4.54. The fourth-order valence-corrected chi connectivity index (χ4v) is 3.41. The smallest absolute Gasteiger partial charge is 0.269 e. The number of aldehydes is 1. The van der Waals surface area contributed by atoms with Crippen LogP contribution in [0.3, 0.4) is 0 Å². The average molecular weight is 313 g/mol. The van der Waals surface area contributed by atoms with Crippen LogP contribution >= 0.6 is 0 Å². The van der Waals surface area contributed by atoms with Crippen molar-refractivity contribution in [1.29, 1.82) is 0 Å². The lowest BCUT2D eigenvalue weighted by molar-refractivity contribution is -0.384. The first-order valence-electron chi connectivity index (χ1n) is 7.22. The van der Waals surface area contributed by atoms with E-state index in [-0.39, 0.29) is 28.7 Å². The van der Waals surface area contributed by atoms with Gasteiger partial charge in [0.05, 0.1) is 10.5 Å². The fraction of sp³-hybridized carbons (Fsp3) is 0.235. The molecule has 1 aliphatic carbocycles. The van der Waals surface area contributed by atoms with Crippen molar-refractivity contribution in [3.63, 3.8) is 0 Å². The largest absolute Gasteiger partial charge is 0.504 e. The van der Waals surface area contributed by atoms with Crippen LogP contribution in [0.15, 0.2) is 24.3 Å². The third kappa shape index (κ3) is 2.23. The van der Waals surface area contributed by atoms with E-state index in [1.54, 1.807) is 19.1 Å². The van der Waals surface area contributed by atoms with Crippen LogP contribution in [0.4, 0.5) is 5.69 Å². The lowest BCUT2D eigenvalue weighted by Gasteiger charge is -2.17. The molecule has 0 bridgehead atoms. The predicted octanol–water partition coefficient (Wildman–Crippen LogP) is 3.21. The van der Waals surface area contributed by atoms with E-state index in [1.165, 1.54) is 12.1 Å². The number of nitrogens with zero attached hydrogens (tertiary/aromatic N) is 1. The number of nitro benzene ring substituents is 1. The molecule has 118 valence electrons. The van der Waals surface area contributed by atoms with Crippen molar-refractivity contribution in [2.75, 3.05) is 0 Å². The molecule has 0 spiro atoms. The highest BCUT2D eigenvalue weighted by molar-refractivity contribution is 5.86. The Morgan fingerprint density at radius 2 is 1.87 bits per heavy atom. The molecule has 0 heterocycles. The number of non-ortho nitro benzene ring substituents is 1. The molecule has 1 aliphatic rings. The molecule has 0 aromatic heterocycles. The zero-order chi connectivity index (χ0) is 16.7. The van der Waals surface area contributed by atoms with Crippen LogP contribution in [-0.2, 0) is 6.42 Å². The fourth-order valence-electron chi connectivity index (χ4n) is 3.41. The molecule has 3 rings (SSSR count). The summed E-state index contributed by atoms with van der Waals surface area (Å²) in [4.78, 5) is 21.6. The van der Waals surface area contributed by atoms with Gasteiger partial charge in [-0.3, -0.25) is 14.9 Å². The van der Waals surface area contributed by atoms with Crippen molar-refractivity contribution in [3.8, 4) is 11.5 Å². The molecule has 6 heteroatoms. The Morgan fingerprint density at radius 1 is 1.22 bits per heavy atom. The number of phenols is 2. The van der Waals surface area contributed by atoms with E-state index in [1.807, 2.05) is 0 Å². The van der Waals surface area contributed by atoms with Crippen LogP contribution in [-0.4, -0.2) is 21.4 Å². The first-order chi connectivity index (χ1) is 11.0. The highest BCUT2D eigenvalue weighted by Gasteiger charge is 2.32. The van der Waals surface area contributed by atoms with Gasteiger partial charge in [-0.1, -0.05) is 12.1 Å². The molecule has 0 fully saturated rings. The van der Waals surface area contributed by atoms with Gasteiger partial charge in [0.15, 0.2) is 17.8 Å². The van der Waals surface area contributed by atoms with Gasteiger partial charge in [-0.15, -0.1) is 0 Å². The summed E-state index contributed by atoms with van der Waals surface area (Å²) in [5, 5.41) is 30.8. The van der Waals surface area contributed by atoms with Gasteiger partial charge in [-0.2, -0.15) is 0 Å². The zero-order valence-corrected chi connectivity index (χ0v) is 12.4. The van der Waals surface area contributed by atoms with Gasteiger partial charge in [0, 0.05) is 18.1 Å². The number of hydrogen-bond acceptors (Lipinski definition) is 5. The van der Waals surface area contributed by atoms with Crippen LogP contribution in [0.5, 0.6) is 11.5 Å².